The van der Waals surface area contributed by atoms with Crippen molar-refractivity contribution in [2.75, 3.05) is 0 Å². The van der Waals surface area contributed by atoms with Crippen LogP contribution in [0.3, 0.4) is 0 Å². The lowest BCUT2D eigenvalue weighted by atomic mass is 9.62. The summed E-state index contributed by atoms with van der Waals surface area (Å²) in [6.45, 7) is 19.4. The molecule has 0 N–H and O–H groups in total. The van der Waals surface area contributed by atoms with Crippen molar-refractivity contribution < 1.29 is 0 Å². The summed E-state index contributed by atoms with van der Waals surface area (Å²) < 4.78 is 0. The third-order valence-electron chi connectivity index (χ3n) is 5.93. The second-order valence-corrected chi connectivity index (χ2v) is 9.39. The first kappa shape index (κ1) is 21.0. The van der Waals surface area contributed by atoms with E-state index in [1.807, 2.05) is 0 Å². The molecule has 0 fully saturated rings. The summed E-state index contributed by atoms with van der Waals surface area (Å²) in [7, 11) is 0. The summed E-state index contributed by atoms with van der Waals surface area (Å²) in [5.41, 5.74) is 1.47. The SMILES string of the molecule is CCCCCC(C)(C)CCCC(C)(CCCC)C(C)(C)C. The zero-order chi connectivity index (χ0) is 16.6. The van der Waals surface area contributed by atoms with Gasteiger partial charge in [0, 0.05) is 0 Å². The molecule has 0 saturated heterocycles. The summed E-state index contributed by atoms with van der Waals surface area (Å²) in [4.78, 5) is 0. The topological polar surface area (TPSA) is 0 Å². The van der Waals surface area contributed by atoms with Crippen molar-refractivity contribution in [1.82, 2.24) is 0 Å². The zero-order valence-corrected chi connectivity index (χ0v) is 16.6. The fourth-order valence-electron chi connectivity index (χ4n) is 3.38. The van der Waals surface area contributed by atoms with Gasteiger partial charge in [-0.2, -0.15) is 0 Å². The maximum Gasteiger partial charge on any atom is -0.0277 e. The van der Waals surface area contributed by atoms with E-state index in [0.29, 0.717) is 16.2 Å². The van der Waals surface area contributed by atoms with Gasteiger partial charge in [-0.05, 0) is 41.9 Å². The molecule has 0 aromatic heterocycles. The van der Waals surface area contributed by atoms with Gasteiger partial charge in [-0.25, -0.2) is 0 Å². The van der Waals surface area contributed by atoms with Gasteiger partial charge in [0.05, 0.1) is 0 Å². The summed E-state index contributed by atoms with van der Waals surface area (Å²) >= 11 is 0. The minimum absolute atomic E-state index is 0.425. The van der Waals surface area contributed by atoms with Crippen molar-refractivity contribution in [2.24, 2.45) is 16.2 Å². The summed E-state index contributed by atoms with van der Waals surface area (Å²) in [6.07, 6.45) is 13.9. The fraction of sp³-hybridized carbons (Fsp3) is 1.00. The molecule has 0 aromatic carbocycles. The van der Waals surface area contributed by atoms with E-state index < -0.39 is 0 Å². The number of unbranched alkanes of at least 4 members (excludes halogenated alkanes) is 3. The Bertz CT molecular complexity index is 256. The smallest absolute Gasteiger partial charge is 0.0277 e. The zero-order valence-electron chi connectivity index (χ0n) is 16.6. The Hall–Kier alpha value is 0. The van der Waals surface area contributed by atoms with Crippen LogP contribution in [-0.4, -0.2) is 0 Å². The van der Waals surface area contributed by atoms with Crippen LogP contribution in [-0.2, 0) is 0 Å². The lowest BCUT2D eigenvalue weighted by Crippen LogP contribution is -2.33. The molecule has 1 atom stereocenters. The number of hydrogen-bond donors (Lipinski definition) is 0. The molecule has 128 valence electrons. The molecule has 0 heterocycles. The van der Waals surface area contributed by atoms with Crippen LogP contribution in [0.1, 0.15) is 120 Å². The molecule has 0 aliphatic carbocycles. The van der Waals surface area contributed by atoms with Crippen LogP contribution in [0.15, 0.2) is 0 Å². The van der Waals surface area contributed by atoms with E-state index >= 15 is 0 Å². The fourth-order valence-corrected chi connectivity index (χ4v) is 3.38. The van der Waals surface area contributed by atoms with Crippen molar-refractivity contribution in [3.8, 4) is 0 Å². The quantitative estimate of drug-likeness (QED) is 0.339. The molecule has 0 aliphatic heterocycles. The van der Waals surface area contributed by atoms with E-state index in [1.54, 1.807) is 0 Å². The first-order chi connectivity index (χ1) is 9.58. The Labute approximate surface area is 136 Å². The van der Waals surface area contributed by atoms with Crippen LogP contribution < -0.4 is 0 Å². The Morgan fingerprint density at radius 1 is 0.524 bits per heavy atom. The third-order valence-corrected chi connectivity index (χ3v) is 5.93. The van der Waals surface area contributed by atoms with Gasteiger partial charge in [-0.3, -0.25) is 0 Å². The molecule has 0 saturated carbocycles. The van der Waals surface area contributed by atoms with Crippen LogP contribution in [0, 0.1) is 16.2 Å². The van der Waals surface area contributed by atoms with Gasteiger partial charge in [-0.15, -0.1) is 0 Å². The lowest BCUT2D eigenvalue weighted by molar-refractivity contribution is 0.0737. The highest BCUT2D eigenvalue weighted by atomic mass is 14.4. The first-order valence-electron chi connectivity index (χ1n) is 9.58. The molecule has 0 spiro atoms. The minimum Gasteiger partial charge on any atom is -0.0654 e. The minimum atomic E-state index is 0.425. The molecule has 0 aromatic rings. The molecule has 21 heavy (non-hydrogen) atoms. The molecule has 0 amide bonds. The summed E-state index contributed by atoms with van der Waals surface area (Å²) in [6, 6.07) is 0. The molecule has 0 heteroatoms. The van der Waals surface area contributed by atoms with Crippen LogP contribution >= 0.6 is 0 Å². The average Bonchev–Trinajstić information content (AvgIpc) is 2.35. The Morgan fingerprint density at radius 2 is 1.00 bits per heavy atom. The molecule has 1 unspecified atom stereocenters. The highest BCUT2D eigenvalue weighted by Crippen LogP contribution is 2.47. The molecular formula is C21H44. The van der Waals surface area contributed by atoms with Crippen LogP contribution in [0.4, 0.5) is 0 Å². The number of hydrogen-bond acceptors (Lipinski definition) is 0. The van der Waals surface area contributed by atoms with Crippen LogP contribution in [0.5, 0.6) is 0 Å². The van der Waals surface area contributed by atoms with Crippen molar-refractivity contribution >= 4 is 0 Å². The maximum atomic E-state index is 2.53. The van der Waals surface area contributed by atoms with E-state index in [1.165, 1.54) is 64.2 Å². The predicted molar refractivity (Wildman–Crippen MR) is 98.9 cm³/mol. The summed E-state index contributed by atoms with van der Waals surface area (Å²) in [5, 5.41) is 0. The van der Waals surface area contributed by atoms with E-state index in [9.17, 15) is 0 Å². The lowest BCUT2D eigenvalue weighted by Gasteiger charge is -2.43. The van der Waals surface area contributed by atoms with E-state index in [-0.39, 0.29) is 0 Å². The Kier molecular flexibility index (Phi) is 9.21. The van der Waals surface area contributed by atoms with Crippen LogP contribution in [0.2, 0.25) is 0 Å². The summed E-state index contributed by atoms with van der Waals surface area (Å²) in [5.74, 6) is 0. The Morgan fingerprint density at radius 3 is 1.48 bits per heavy atom. The second kappa shape index (κ2) is 9.21. The van der Waals surface area contributed by atoms with Gasteiger partial charge in [0.15, 0.2) is 0 Å². The van der Waals surface area contributed by atoms with Crippen molar-refractivity contribution in [3.05, 3.63) is 0 Å². The van der Waals surface area contributed by atoms with E-state index in [4.69, 9.17) is 0 Å². The first-order valence-corrected chi connectivity index (χ1v) is 9.58. The maximum absolute atomic E-state index is 2.53. The molecule has 0 nitrogen and oxygen atoms in total. The van der Waals surface area contributed by atoms with Gasteiger partial charge < -0.3 is 0 Å². The van der Waals surface area contributed by atoms with Crippen LogP contribution in [0.25, 0.3) is 0 Å². The third kappa shape index (κ3) is 8.27. The van der Waals surface area contributed by atoms with Gasteiger partial charge in [0.2, 0.25) is 0 Å². The van der Waals surface area contributed by atoms with Crippen molar-refractivity contribution in [2.45, 2.75) is 120 Å². The van der Waals surface area contributed by atoms with Crippen molar-refractivity contribution in [1.29, 1.82) is 0 Å². The van der Waals surface area contributed by atoms with Gasteiger partial charge in [0.1, 0.15) is 0 Å². The Balaban J connectivity index is 4.36. The predicted octanol–water partition coefficient (Wildman–Crippen LogP) is 8.01. The number of rotatable bonds is 11. The largest absolute Gasteiger partial charge is 0.0654 e. The van der Waals surface area contributed by atoms with Gasteiger partial charge >= 0.3 is 0 Å². The van der Waals surface area contributed by atoms with E-state index in [0.717, 1.165) is 0 Å². The van der Waals surface area contributed by atoms with E-state index in [2.05, 4.69) is 55.4 Å². The normalized spacial score (nSPS) is 16.0. The molecule has 0 aliphatic rings. The molecule has 0 rings (SSSR count). The van der Waals surface area contributed by atoms with Gasteiger partial charge in [-0.1, -0.05) is 93.9 Å². The highest BCUT2D eigenvalue weighted by Gasteiger charge is 2.36. The van der Waals surface area contributed by atoms with Gasteiger partial charge in [0.25, 0.3) is 0 Å². The van der Waals surface area contributed by atoms with Crippen molar-refractivity contribution in [3.63, 3.8) is 0 Å². The standard InChI is InChI=1S/C21H44/c1-9-11-13-15-20(6,7)16-14-18-21(8,17-12-10-2)19(3,4)5/h9-18H2,1-8H3. The molecule has 0 radical (unpaired) electrons. The second-order valence-electron chi connectivity index (χ2n) is 9.39. The highest BCUT2D eigenvalue weighted by molar-refractivity contribution is 4.87. The molecule has 0 bridgehead atoms. The average molecular weight is 297 g/mol. The monoisotopic (exact) mass is 296 g/mol. The molecular weight excluding hydrogens is 252 g/mol.